The molecule has 2 amide bonds. The molecule has 0 bridgehead atoms. The smallest absolute Gasteiger partial charge is 0.748 e. The number of carbonyl (C=O) groups excluding carboxylic acids is 2. The van der Waals surface area contributed by atoms with Gasteiger partial charge in [0.2, 0.25) is 11.8 Å². The van der Waals surface area contributed by atoms with E-state index < -0.39 is 31.7 Å². The summed E-state index contributed by atoms with van der Waals surface area (Å²) in [4.78, 5) is 21.9. The van der Waals surface area contributed by atoms with Crippen molar-refractivity contribution in [3.05, 3.63) is 0 Å². The summed E-state index contributed by atoms with van der Waals surface area (Å²) in [6, 6.07) is 0. The van der Waals surface area contributed by atoms with Crippen LogP contribution in [-0.2, 0) is 29.8 Å². The first-order valence-electron chi connectivity index (χ1n) is 8.08. The molecule has 0 rings (SSSR count). The number of hydrogen-bond donors (Lipinski definition) is 2. The Morgan fingerprint density at radius 1 is 0.750 bits per heavy atom. The summed E-state index contributed by atoms with van der Waals surface area (Å²) in [7, 11) is -8.29. The van der Waals surface area contributed by atoms with Gasteiger partial charge in [-0.25, -0.2) is 16.8 Å². The molecule has 0 aliphatic rings. The van der Waals surface area contributed by atoms with Crippen molar-refractivity contribution >= 4 is 92.8 Å². The summed E-state index contributed by atoms with van der Waals surface area (Å²) in [6.07, 6.45) is 0.342. The third-order valence-electron chi connectivity index (χ3n) is 2.79. The topological polar surface area (TPSA) is 173 Å². The molecule has 0 aromatic heterocycles. The maximum absolute atomic E-state index is 10.9. The fraction of sp³-hybridized carbons (Fsp3) is 0.857. The number of hydrogen-bond acceptors (Lipinski definition) is 8. The van der Waals surface area contributed by atoms with Gasteiger partial charge in [-0.1, -0.05) is 27.7 Å². The fourth-order valence-corrected chi connectivity index (χ4v) is 2.33. The van der Waals surface area contributed by atoms with E-state index in [0.29, 0.717) is 0 Å². The van der Waals surface area contributed by atoms with Crippen LogP contribution in [0.25, 0.3) is 0 Å². The molecule has 10 nitrogen and oxygen atoms in total. The predicted octanol–water partition coefficient (Wildman–Crippen LogP) is -1.37. The van der Waals surface area contributed by atoms with Crippen LogP contribution in [0, 0.1) is 11.8 Å². The average molecular weight is 481 g/mol. The first-order valence-corrected chi connectivity index (χ1v) is 11.2. The first kappa shape index (κ1) is 36.2. The van der Waals surface area contributed by atoms with Crippen molar-refractivity contribution in [2.75, 3.05) is 24.6 Å². The monoisotopic (exact) mass is 480 g/mol. The van der Waals surface area contributed by atoms with Gasteiger partial charge in [0.15, 0.2) is 0 Å². The Bertz CT molecular complexity index is 584. The van der Waals surface area contributed by atoms with Crippen LogP contribution in [-0.4, -0.2) is 123 Å². The summed E-state index contributed by atoms with van der Waals surface area (Å²) in [5.41, 5.74) is 0. The Kier molecular flexibility index (Phi) is 24.0. The van der Waals surface area contributed by atoms with Crippen LogP contribution < -0.4 is 10.6 Å². The minimum absolute atomic E-state index is 0. The zero-order valence-electron chi connectivity index (χ0n) is 16.9. The largest absolute Gasteiger partial charge is 2.00 e. The van der Waals surface area contributed by atoms with Gasteiger partial charge < -0.3 is 19.7 Å². The number of carbonyl (C=O) groups is 2. The van der Waals surface area contributed by atoms with Crippen LogP contribution in [0.4, 0.5) is 0 Å². The molecule has 0 fully saturated rings. The molecule has 0 unspecified atom stereocenters. The molecule has 0 heterocycles. The van der Waals surface area contributed by atoms with E-state index in [1.54, 1.807) is 27.7 Å². The van der Waals surface area contributed by atoms with Gasteiger partial charge in [0.1, 0.15) is 0 Å². The third-order valence-corrected chi connectivity index (χ3v) is 4.37. The van der Waals surface area contributed by atoms with E-state index in [1.807, 2.05) is 0 Å². The van der Waals surface area contributed by atoms with E-state index in [9.17, 15) is 35.5 Å². The molecule has 0 radical (unpaired) electrons. The van der Waals surface area contributed by atoms with Gasteiger partial charge in [-0.15, -0.1) is 0 Å². The molecule has 0 aliphatic heterocycles. The zero-order chi connectivity index (χ0) is 21.0. The quantitative estimate of drug-likeness (QED) is 0.219. The Hall–Kier alpha value is 0.786. The molecule has 0 aromatic rings. The van der Waals surface area contributed by atoms with Gasteiger partial charge in [-0.2, -0.15) is 0 Å². The molecule has 0 aliphatic carbocycles. The van der Waals surface area contributed by atoms with E-state index in [1.165, 1.54) is 0 Å². The second kappa shape index (κ2) is 18.5. The molecule has 0 aromatic carbocycles. The SMILES string of the molecule is CC(C)C(=O)NCCCS(=O)(=O)[O-].CC(C)C(=O)NCCCS(=O)(=O)[O-].[Ca+2].[Mg+2]. The van der Waals surface area contributed by atoms with Gasteiger partial charge >= 0.3 is 60.8 Å². The Morgan fingerprint density at radius 2 is 1.00 bits per heavy atom. The van der Waals surface area contributed by atoms with Crippen molar-refractivity contribution in [2.24, 2.45) is 11.8 Å². The van der Waals surface area contributed by atoms with Crippen molar-refractivity contribution in [3.63, 3.8) is 0 Å². The molecule has 2 N–H and O–H groups in total. The summed E-state index contributed by atoms with van der Waals surface area (Å²) in [5, 5.41) is 5.02. The summed E-state index contributed by atoms with van der Waals surface area (Å²) < 4.78 is 60.8. The Balaban J connectivity index is -0.000000192. The van der Waals surface area contributed by atoms with Gasteiger partial charge in [0, 0.05) is 36.4 Å². The van der Waals surface area contributed by atoms with E-state index in [-0.39, 0.29) is 110 Å². The van der Waals surface area contributed by atoms with Gasteiger partial charge in [-0.3, -0.25) is 9.59 Å². The van der Waals surface area contributed by atoms with Crippen molar-refractivity contribution in [2.45, 2.75) is 40.5 Å². The molecule has 0 atom stereocenters. The Labute approximate surface area is 214 Å². The first-order chi connectivity index (χ1) is 11.7. The van der Waals surface area contributed by atoms with Gasteiger partial charge in [0.25, 0.3) is 0 Å². The van der Waals surface area contributed by atoms with Crippen molar-refractivity contribution in [1.29, 1.82) is 0 Å². The fourth-order valence-electron chi connectivity index (χ4n) is 1.33. The second-order valence-corrected chi connectivity index (χ2v) is 9.17. The Morgan fingerprint density at radius 3 is 1.18 bits per heavy atom. The van der Waals surface area contributed by atoms with Crippen molar-refractivity contribution in [3.8, 4) is 0 Å². The van der Waals surface area contributed by atoms with Crippen molar-refractivity contribution < 1.29 is 35.5 Å². The van der Waals surface area contributed by atoms with Crippen LogP contribution >= 0.6 is 0 Å². The van der Waals surface area contributed by atoms with E-state index in [0.717, 1.165) is 0 Å². The minimum atomic E-state index is -4.14. The molecule has 14 heteroatoms. The second-order valence-electron chi connectivity index (χ2n) is 6.12. The van der Waals surface area contributed by atoms with Gasteiger partial charge in [0.05, 0.1) is 20.2 Å². The minimum Gasteiger partial charge on any atom is -0.748 e. The molecular weight excluding hydrogens is 453 g/mol. The van der Waals surface area contributed by atoms with Gasteiger partial charge in [-0.05, 0) is 12.8 Å². The van der Waals surface area contributed by atoms with E-state index in [2.05, 4.69) is 10.6 Å². The predicted molar refractivity (Wildman–Crippen MR) is 106 cm³/mol. The van der Waals surface area contributed by atoms with E-state index in [4.69, 9.17) is 0 Å². The standard InChI is InChI=1S/2C7H15NO4S.Ca.Mg/c2*1-6(2)7(9)8-4-3-5-13(10,11)12;;/h2*6H,3-5H2,1-2H3,(H,8,9)(H,10,11,12);;/q;;2*+2/p-2. The number of nitrogens with one attached hydrogen (secondary N) is 2. The summed E-state index contributed by atoms with van der Waals surface area (Å²) in [5.74, 6) is -1.36. The molecular formula is C14H28CaMgN2O8S2+2. The molecule has 0 saturated heterocycles. The summed E-state index contributed by atoms with van der Waals surface area (Å²) >= 11 is 0. The molecule has 0 spiro atoms. The maximum Gasteiger partial charge on any atom is 2.00 e. The average Bonchev–Trinajstić information content (AvgIpc) is 2.46. The third kappa shape index (κ3) is 29.0. The zero-order valence-corrected chi connectivity index (χ0v) is 22.1. The molecule has 156 valence electrons. The van der Waals surface area contributed by atoms with E-state index >= 15 is 0 Å². The van der Waals surface area contributed by atoms with Crippen molar-refractivity contribution in [1.82, 2.24) is 10.6 Å². The van der Waals surface area contributed by atoms with Crippen LogP contribution in [0.3, 0.4) is 0 Å². The molecule has 0 saturated carbocycles. The molecule has 28 heavy (non-hydrogen) atoms. The van der Waals surface area contributed by atoms with Crippen LogP contribution in [0.15, 0.2) is 0 Å². The normalized spacial score (nSPS) is 10.9. The van der Waals surface area contributed by atoms with Crippen LogP contribution in [0.1, 0.15) is 40.5 Å². The number of amides is 2. The maximum atomic E-state index is 10.9. The summed E-state index contributed by atoms with van der Waals surface area (Å²) in [6.45, 7) is 7.41. The number of rotatable bonds is 10. The van der Waals surface area contributed by atoms with Crippen LogP contribution in [0.2, 0.25) is 0 Å². The van der Waals surface area contributed by atoms with Crippen LogP contribution in [0.5, 0.6) is 0 Å².